The Balaban J connectivity index is 1.26. The number of hydrogen-bond donors (Lipinski definition) is 0. The first kappa shape index (κ1) is 37.3. The molecule has 9 aromatic carbocycles. The summed E-state index contributed by atoms with van der Waals surface area (Å²) in [5.74, 6) is 0. The zero-order chi connectivity index (χ0) is 44.8. The third-order valence-corrected chi connectivity index (χ3v) is 16.5. The predicted molar refractivity (Wildman–Crippen MR) is 285 cm³/mol. The Morgan fingerprint density at radius 2 is 0.897 bits per heavy atom. The van der Waals surface area contributed by atoms with Crippen molar-refractivity contribution in [3.8, 4) is 39.7 Å². The van der Waals surface area contributed by atoms with E-state index in [0.717, 1.165) is 108 Å². The highest BCUT2D eigenvalue weighted by Gasteiger charge is 2.33. The number of pyridine rings is 2. The van der Waals surface area contributed by atoms with Gasteiger partial charge in [-0.1, -0.05) is 146 Å². The predicted octanol–water partition coefficient (Wildman–Crippen LogP) is 16.9. The first-order valence-corrected chi connectivity index (χ1v) is 24.0. The molecule has 6 aromatic heterocycles. The highest BCUT2D eigenvalue weighted by molar-refractivity contribution is 7.27. The SMILES string of the molecule is [C-]#[N+]c1c(-c2ccccc2)c(C#N)c(-n2c3c(ccc4c5ccccc5sc43)c3ccc4c5ccccc5sc4c32)c(-c2ccccc2)c1-n1c2cncc3c4ccccc4c4cncc1c4c32. The molecule has 0 aliphatic carbocycles. The third-order valence-electron chi connectivity index (χ3n) is 14.1. The Labute approximate surface area is 395 Å². The van der Waals surface area contributed by atoms with E-state index in [0.29, 0.717) is 22.5 Å². The smallest absolute Gasteiger partial charge is 0.220 e. The fourth-order valence-corrected chi connectivity index (χ4v) is 13.9. The van der Waals surface area contributed by atoms with E-state index in [9.17, 15) is 11.8 Å². The van der Waals surface area contributed by atoms with Crippen LogP contribution in [-0.2, 0) is 0 Å². The maximum absolute atomic E-state index is 12.1. The quantitative estimate of drug-likeness (QED) is 0.131. The molecule has 0 aliphatic heterocycles. The van der Waals surface area contributed by atoms with Crippen molar-refractivity contribution in [3.63, 3.8) is 0 Å². The fourth-order valence-electron chi connectivity index (χ4n) is 11.4. The molecule has 6 nitrogen and oxygen atoms in total. The highest BCUT2D eigenvalue weighted by atomic mass is 32.1. The Hall–Kier alpha value is -8.92. The van der Waals surface area contributed by atoms with Gasteiger partial charge in [-0.15, -0.1) is 22.7 Å². The molecule has 0 atom stereocenters. The van der Waals surface area contributed by atoms with Gasteiger partial charge >= 0.3 is 0 Å². The summed E-state index contributed by atoms with van der Waals surface area (Å²) in [4.78, 5) is 14.5. The van der Waals surface area contributed by atoms with Crippen molar-refractivity contribution in [2.24, 2.45) is 0 Å². The second-order valence-electron chi connectivity index (χ2n) is 17.4. The average molecular weight is 899 g/mol. The summed E-state index contributed by atoms with van der Waals surface area (Å²) in [6, 6.07) is 58.0. The normalized spacial score (nSPS) is 12.1. The van der Waals surface area contributed by atoms with Crippen LogP contribution in [-0.4, -0.2) is 19.1 Å². The lowest BCUT2D eigenvalue weighted by Gasteiger charge is -2.25. The van der Waals surface area contributed by atoms with Gasteiger partial charge in [-0.05, 0) is 34.0 Å². The average Bonchev–Trinajstić information content (AvgIpc) is 4.16. The molecule has 15 rings (SSSR count). The minimum absolute atomic E-state index is 0.376. The van der Waals surface area contributed by atoms with Crippen LogP contribution in [0.2, 0.25) is 0 Å². The van der Waals surface area contributed by atoms with Crippen molar-refractivity contribution in [1.29, 1.82) is 5.26 Å². The third kappa shape index (κ3) is 4.77. The topological polar surface area (TPSA) is 63.8 Å². The summed E-state index contributed by atoms with van der Waals surface area (Å²) in [5.41, 5.74) is 8.98. The van der Waals surface area contributed by atoms with Gasteiger partial charge in [-0.2, -0.15) is 5.26 Å². The molecular formula is C60H30N6S2. The van der Waals surface area contributed by atoms with Gasteiger partial charge in [0.25, 0.3) is 0 Å². The van der Waals surface area contributed by atoms with Crippen LogP contribution in [0.3, 0.4) is 0 Å². The van der Waals surface area contributed by atoms with Gasteiger partial charge in [0.05, 0.1) is 67.4 Å². The Kier molecular flexibility index (Phi) is 7.58. The van der Waals surface area contributed by atoms with Crippen molar-refractivity contribution >= 4 is 134 Å². The molecule has 0 N–H and O–H groups in total. The number of rotatable bonds is 4. The molecule has 0 spiro atoms. The molecule has 15 aromatic rings. The molecule has 8 heteroatoms. The molecule has 312 valence electrons. The Morgan fingerprint density at radius 1 is 0.441 bits per heavy atom. The van der Waals surface area contributed by atoms with Gasteiger partial charge in [0.15, 0.2) is 0 Å². The molecule has 0 radical (unpaired) electrons. The number of aromatic nitrogens is 4. The highest BCUT2D eigenvalue weighted by Crippen LogP contribution is 2.55. The van der Waals surface area contributed by atoms with Crippen LogP contribution in [0.5, 0.6) is 0 Å². The lowest BCUT2D eigenvalue weighted by atomic mass is 9.88. The van der Waals surface area contributed by atoms with Gasteiger partial charge in [0.2, 0.25) is 5.69 Å². The van der Waals surface area contributed by atoms with Crippen LogP contribution >= 0.6 is 22.7 Å². The van der Waals surface area contributed by atoms with E-state index in [2.05, 4.69) is 129 Å². The van der Waals surface area contributed by atoms with Crippen molar-refractivity contribution in [1.82, 2.24) is 19.1 Å². The molecular weight excluding hydrogens is 869 g/mol. The zero-order valence-electron chi connectivity index (χ0n) is 35.8. The Bertz CT molecular complexity index is 4540. The minimum atomic E-state index is 0.376. The van der Waals surface area contributed by atoms with Crippen molar-refractivity contribution < 1.29 is 0 Å². The van der Waals surface area contributed by atoms with Crippen LogP contribution < -0.4 is 0 Å². The van der Waals surface area contributed by atoms with E-state index in [-0.39, 0.29) is 0 Å². The van der Waals surface area contributed by atoms with E-state index in [1.165, 1.54) is 20.2 Å². The number of fused-ring (bicyclic) bond motifs is 14. The van der Waals surface area contributed by atoms with E-state index >= 15 is 0 Å². The number of hydrogen-bond acceptors (Lipinski definition) is 5. The molecule has 0 unspecified atom stereocenters. The maximum atomic E-state index is 12.1. The largest absolute Gasteiger partial charge is 0.315 e. The van der Waals surface area contributed by atoms with Gasteiger partial charge in [0, 0.05) is 86.8 Å². The van der Waals surface area contributed by atoms with E-state index in [1.807, 2.05) is 73.3 Å². The lowest BCUT2D eigenvalue weighted by Crippen LogP contribution is -2.09. The molecule has 0 bridgehead atoms. The Morgan fingerprint density at radius 3 is 1.40 bits per heavy atom. The molecule has 0 saturated heterocycles. The second-order valence-corrected chi connectivity index (χ2v) is 19.5. The standard InChI is InChI=1S/C60H30N6S2/c1-62-54-50(33-14-4-2-5-15-33)43(28-61)55(51(34-16-6-3-7-17-34)58(54)65-46-31-63-29-44-35-18-8-9-19-36(35)45-30-64-32-47(65)53(45)52(44)46)66-56-39(24-26-41-37-20-10-12-22-48(37)67-59(41)56)40-25-27-42-38-21-11-13-23-49(38)68-60(42)57(40)66/h2-27,29-32H. The molecule has 0 amide bonds. The number of nitriles is 1. The van der Waals surface area contributed by atoms with Crippen LogP contribution in [0.4, 0.5) is 5.69 Å². The van der Waals surface area contributed by atoms with Crippen LogP contribution in [0.25, 0.3) is 144 Å². The van der Waals surface area contributed by atoms with Crippen LogP contribution in [0.1, 0.15) is 5.56 Å². The van der Waals surface area contributed by atoms with E-state index in [1.54, 1.807) is 22.7 Å². The first-order valence-electron chi connectivity index (χ1n) is 22.4. The summed E-state index contributed by atoms with van der Waals surface area (Å²) in [7, 11) is 0. The number of nitrogens with zero attached hydrogens (tertiary/aromatic N) is 6. The van der Waals surface area contributed by atoms with Crippen LogP contribution in [0, 0.1) is 17.9 Å². The molecule has 0 aliphatic rings. The molecule has 6 heterocycles. The molecule has 0 saturated carbocycles. The maximum Gasteiger partial charge on any atom is 0.220 e. The van der Waals surface area contributed by atoms with E-state index < -0.39 is 0 Å². The fraction of sp³-hybridized carbons (Fsp3) is 0. The zero-order valence-corrected chi connectivity index (χ0v) is 37.5. The van der Waals surface area contributed by atoms with Crippen molar-refractivity contribution in [2.75, 3.05) is 0 Å². The summed E-state index contributed by atoms with van der Waals surface area (Å²) >= 11 is 3.58. The van der Waals surface area contributed by atoms with Crippen molar-refractivity contribution in [2.45, 2.75) is 0 Å². The van der Waals surface area contributed by atoms with Gasteiger partial charge in [0.1, 0.15) is 6.07 Å². The first-order chi connectivity index (χ1) is 33.7. The number of thiophene rings is 2. The van der Waals surface area contributed by atoms with E-state index in [4.69, 9.17) is 9.97 Å². The monoisotopic (exact) mass is 898 g/mol. The summed E-state index contributed by atoms with van der Waals surface area (Å²) in [6.07, 6.45) is 7.79. The second kappa shape index (κ2) is 13.8. The summed E-state index contributed by atoms with van der Waals surface area (Å²) in [5, 5.41) is 25.4. The molecule has 0 fully saturated rings. The number of benzene rings is 9. The van der Waals surface area contributed by atoms with Gasteiger partial charge in [-0.25, -0.2) is 4.85 Å². The summed E-state index contributed by atoms with van der Waals surface area (Å²) in [6.45, 7) is 9.34. The van der Waals surface area contributed by atoms with Gasteiger partial charge in [-0.3, -0.25) is 9.97 Å². The summed E-state index contributed by atoms with van der Waals surface area (Å²) < 4.78 is 9.31. The van der Waals surface area contributed by atoms with Crippen molar-refractivity contribution in [3.05, 3.63) is 199 Å². The molecule has 68 heavy (non-hydrogen) atoms. The van der Waals surface area contributed by atoms with Gasteiger partial charge < -0.3 is 9.13 Å². The lowest BCUT2D eigenvalue weighted by molar-refractivity contribution is 1.13. The van der Waals surface area contributed by atoms with Crippen LogP contribution in [0.15, 0.2) is 183 Å². The minimum Gasteiger partial charge on any atom is -0.315 e.